The number of anilines is 1. The number of pyridine rings is 1. The van der Waals surface area contributed by atoms with Crippen molar-refractivity contribution < 1.29 is 4.74 Å². The molecule has 0 saturated carbocycles. The summed E-state index contributed by atoms with van der Waals surface area (Å²) in [5, 5.41) is 0. The lowest BCUT2D eigenvalue weighted by atomic mass is 10.3. The molecule has 15 heavy (non-hydrogen) atoms. The molecular formula is C11H9IN2O. The maximum absolute atomic E-state index is 5.71. The second-order valence-corrected chi connectivity index (χ2v) is 4.22. The quantitative estimate of drug-likeness (QED) is 0.867. The van der Waals surface area contributed by atoms with E-state index in [1.807, 2.05) is 24.3 Å². The number of aromatic nitrogens is 1. The van der Waals surface area contributed by atoms with Crippen LogP contribution in [-0.4, -0.2) is 4.98 Å². The van der Waals surface area contributed by atoms with Gasteiger partial charge < -0.3 is 10.5 Å². The highest BCUT2D eigenvalue weighted by molar-refractivity contribution is 14.1. The molecule has 2 rings (SSSR count). The van der Waals surface area contributed by atoms with E-state index in [9.17, 15) is 0 Å². The van der Waals surface area contributed by atoms with Gasteiger partial charge in [0.25, 0.3) is 0 Å². The Labute approximate surface area is 101 Å². The predicted octanol–water partition coefficient (Wildman–Crippen LogP) is 3.06. The summed E-state index contributed by atoms with van der Waals surface area (Å²) in [4.78, 5) is 3.89. The van der Waals surface area contributed by atoms with Crippen LogP contribution in [0.4, 0.5) is 5.69 Å². The molecule has 0 saturated heterocycles. The third kappa shape index (κ3) is 2.59. The number of nitrogen functional groups attached to an aromatic ring is 1. The summed E-state index contributed by atoms with van der Waals surface area (Å²) >= 11 is 2.24. The van der Waals surface area contributed by atoms with Gasteiger partial charge in [-0.2, -0.15) is 0 Å². The number of hydrogen-bond acceptors (Lipinski definition) is 3. The fourth-order valence-electron chi connectivity index (χ4n) is 1.12. The van der Waals surface area contributed by atoms with Gasteiger partial charge in [0.05, 0.1) is 11.9 Å². The van der Waals surface area contributed by atoms with Crippen LogP contribution in [0, 0.1) is 3.57 Å². The standard InChI is InChI=1S/C11H9IN2O/c12-8-1-3-9(4-2-8)15-11-5-6-14-7-10(11)13/h1-7H,13H2. The van der Waals surface area contributed by atoms with Crippen molar-refractivity contribution in [2.75, 3.05) is 5.73 Å². The van der Waals surface area contributed by atoms with Crippen molar-refractivity contribution in [3.05, 3.63) is 46.3 Å². The molecule has 4 heteroatoms. The molecule has 2 aromatic rings. The van der Waals surface area contributed by atoms with Gasteiger partial charge in [-0.3, -0.25) is 4.98 Å². The van der Waals surface area contributed by atoms with E-state index in [1.165, 1.54) is 3.57 Å². The maximum Gasteiger partial charge on any atom is 0.153 e. The van der Waals surface area contributed by atoms with Crippen molar-refractivity contribution in [3.63, 3.8) is 0 Å². The fourth-order valence-corrected chi connectivity index (χ4v) is 1.48. The Balaban J connectivity index is 2.22. The molecule has 1 aromatic carbocycles. The zero-order chi connectivity index (χ0) is 10.7. The van der Waals surface area contributed by atoms with E-state index in [2.05, 4.69) is 27.6 Å². The minimum atomic E-state index is 0.538. The molecule has 0 aliphatic carbocycles. The number of benzene rings is 1. The zero-order valence-corrected chi connectivity index (χ0v) is 10.0. The third-order valence-electron chi connectivity index (χ3n) is 1.85. The number of halogens is 1. The lowest BCUT2D eigenvalue weighted by molar-refractivity contribution is 0.484. The molecule has 0 atom stereocenters. The summed E-state index contributed by atoms with van der Waals surface area (Å²) < 4.78 is 6.76. The van der Waals surface area contributed by atoms with Crippen LogP contribution in [0.1, 0.15) is 0 Å². The minimum absolute atomic E-state index is 0.538. The van der Waals surface area contributed by atoms with Gasteiger partial charge in [0, 0.05) is 15.8 Å². The first-order chi connectivity index (χ1) is 7.25. The molecule has 0 spiro atoms. The molecule has 0 aliphatic heterocycles. The topological polar surface area (TPSA) is 48.1 Å². The Morgan fingerprint density at radius 2 is 1.87 bits per heavy atom. The van der Waals surface area contributed by atoms with Crippen molar-refractivity contribution in [2.45, 2.75) is 0 Å². The first kappa shape index (κ1) is 10.2. The van der Waals surface area contributed by atoms with E-state index in [4.69, 9.17) is 10.5 Å². The van der Waals surface area contributed by atoms with E-state index >= 15 is 0 Å². The van der Waals surface area contributed by atoms with Crippen molar-refractivity contribution in [1.29, 1.82) is 0 Å². The highest BCUT2D eigenvalue weighted by atomic mass is 127. The molecule has 0 aliphatic rings. The Kier molecular flexibility index (Phi) is 3.05. The van der Waals surface area contributed by atoms with Crippen molar-refractivity contribution in [3.8, 4) is 11.5 Å². The van der Waals surface area contributed by atoms with Gasteiger partial charge in [-0.15, -0.1) is 0 Å². The van der Waals surface area contributed by atoms with E-state index in [-0.39, 0.29) is 0 Å². The SMILES string of the molecule is Nc1cnccc1Oc1ccc(I)cc1. The molecule has 0 bridgehead atoms. The number of nitrogens with two attached hydrogens (primary N) is 1. The normalized spacial score (nSPS) is 9.93. The fraction of sp³-hybridized carbons (Fsp3) is 0. The summed E-state index contributed by atoms with van der Waals surface area (Å²) in [7, 11) is 0. The second-order valence-electron chi connectivity index (χ2n) is 2.97. The van der Waals surface area contributed by atoms with E-state index < -0.39 is 0 Å². The van der Waals surface area contributed by atoms with Gasteiger partial charge in [0.15, 0.2) is 5.75 Å². The van der Waals surface area contributed by atoms with Gasteiger partial charge in [0.2, 0.25) is 0 Å². The number of rotatable bonds is 2. The molecule has 0 fully saturated rings. The van der Waals surface area contributed by atoms with Crippen LogP contribution >= 0.6 is 22.6 Å². The summed E-state index contributed by atoms with van der Waals surface area (Å²) in [6.45, 7) is 0. The third-order valence-corrected chi connectivity index (χ3v) is 2.57. The summed E-state index contributed by atoms with van der Waals surface area (Å²) in [5.74, 6) is 1.40. The Morgan fingerprint density at radius 1 is 1.13 bits per heavy atom. The van der Waals surface area contributed by atoms with Crippen LogP contribution in [-0.2, 0) is 0 Å². The highest BCUT2D eigenvalue weighted by Gasteiger charge is 2.00. The predicted molar refractivity (Wildman–Crippen MR) is 67.9 cm³/mol. The Hall–Kier alpha value is -1.30. The molecule has 2 N–H and O–H groups in total. The lowest BCUT2D eigenvalue weighted by Crippen LogP contribution is -1.92. The summed E-state index contributed by atoms with van der Waals surface area (Å²) in [6.07, 6.45) is 3.22. The van der Waals surface area contributed by atoms with Crippen LogP contribution < -0.4 is 10.5 Å². The van der Waals surface area contributed by atoms with E-state index in [0.29, 0.717) is 11.4 Å². The Morgan fingerprint density at radius 3 is 2.53 bits per heavy atom. The van der Waals surface area contributed by atoms with Crippen molar-refractivity contribution in [2.24, 2.45) is 0 Å². The first-order valence-corrected chi connectivity index (χ1v) is 5.46. The Bertz CT molecular complexity index is 456. The molecule has 3 nitrogen and oxygen atoms in total. The molecule has 0 amide bonds. The first-order valence-electron chi connectivity index (χ1n) is 4.38. The highest BCUT2D eigenvalue weighted by Crippen LogP contribution is 2.26. The van der Waals surface area contributed by atoms with Crippen molar-refractivity contribution in [1.82, 2.24) is 4.98 Å². The summed E-state index contributed by atoms with van der Waals surface area (Å²) in [6, 6.07) is 9.51. The molecular weight excluding hydrogens is 303 g/mol. The number of hydrogen-bond donors (Lipinski definition) is 1. The maximum atomic E-state index is 5.71. The number of nitrogens with zero attached hydrogens (tertiary/aromatic N) is 1. The summed E-state index contributed by atoms with van der Waals surface area (Å²) in [5.41, 5.74) is 6.25. The smallest absolute Gasteiger partial charge is 0.153 e. The molecule has 1 heterocycles. The average Bonchev–Trinajstić information content (AvgIpc) is 2.25. The lowest BCUT2D eigenvalue weighted by Gasteiger charge is -2.07. The average molecular weight is 312 g/mol. The molecule has 1 aromatic heterocycles. The van der Waals surface area contributed by atoms with E-state index in [1.54, 1.807) is 18.5 Å². The van der Waals surface area contributed by atoms with Gasteiger partial charge in [-0.05, 0) is 46.9 Å². The van der Waals surface area contributed by atoms with Gasteiger partial charge in [0.1, 0.15) is 5.75 Å². The van der Waals surface area contributed by atoms with Crippen LogP contribution in [0.5, 0.6) is 11.5 Å². The largest absolute Gasteiger partial charge is 0.455 e. The monoisotopic (exact) mass is 312 g/mol. The molecule has 0 unspecified atom stereocenters. The van der Waals surface area contributed by atoms with Gasteiger partial charge >= 0.3 is 0 Å². The molecule has 0 radical (unpaired) electrons. The van der Waals surface area contributed by atoms with Crippen LogP contribution in [0.2, 0.25) is 0 Å². The van der Waals surface area contributed by atoms with Crippen LogP contribution in [0.3, 0.4) is 0 Å². The zero-order valence-electron chi connectivity index (χ0n) is 7.85. The van der Waals surface area contributed by atoms with Crippen LogP contribution in [0.25, 0.3) is 0 Å². The molecule has 76 valence electrons. The number of ether oxygens (including phenoxy) is 1. The minimum Gasteiger partial charge on any atom is -0.455 e. The second kappa shape index (κ2) is 4.48. The van der Waals surface area contributed by atoms with E-state index in [0.717, 1.165) is 5.75 Å². The van der Waals surface area contributed by atoms with Gasteiger partial charge in [-0.1, -0.05) is 0 Å². The van der Waals surface area contributed by atoms with Gasteiger partial charge in [-0.25, -0.2) is 0 Å². The van der Waals surface area contributed by atoms with Crippen LogP contribution in [0.15, 0.2) is 42.7 Å². The van der Waals surface area contributed by atoms with Crippen molar-refractivity contribution >= 4 is 28.3 Å².